The largest absolute Gasteiger partial charge is 0.397 e. The first-order valence-corrected chi connectivity index (χ1v) is 9.38. The molecule has 1 heterocycles. The predicted octanol–water partition coefficient (Wildman–Crippen LogP) is 2.02. The molecule has 0 radical (unpaired) electrons. The van der Waals surface area contributed by atoms with Crippen molar-refractivity contribution >= 4 is 58.8 Å². The molecule has 3 N–H and O–H groups in total. The van der Waals surface area contributed by atoms with E-state index in [2.05, 4.69) is 21.2 Å². The molecule has 108 valence electrons. The lowest BCUT2D eigenvalue weighted by atomic mass is 10.2. The van der Waals surface area contributed by atoms with Gasteiger partial charge in [0.25, 0.3) is 5.91 Å². The normalized spacial score (nSPS) is 11.7. The number of amides is 1. The fourth-order valence-electron chi connectivity index (χ4n) is 1.69. The topological polar surface area (TPSA) is 89.3 Å². The van der Waals surface area contributed by atoms with Crippen LogP contribution in [-0.2, 0) is 9.84 Å². The summed E-state index contributed by atoms with van der Waals surface area (Å²) < 4.78 is 23.9. The van der Waals surface area contributed by atoms with Crippen molar-refractivity contribution in [3.8, 4) is 0 Å². The molecule has 0 bridgehead atoms. The van der Waals surface area contributed by atoms with Crippen LogP contribution in [0.15, 0.2) is 22.7 Å². The minimum atomic E-state index is -3.09. The maximum atomic E-state index is 12.0. The molecule has 0 saturated heterocycles. The quantitative estimate of drug-likeness (QED) is 0.853. The number of anilines is 1. The molecule has 0 unspecified atom stereocenters. The van der Waals surface area contributed by atoms with E-state index in [-0.39, 0.29) is 18.2 Å². The van der Waals surface area contributed by atoms with Gasteiger partial charge in [0.1, 0.15) is 14.7 Å². The molecule has 0 fully saturated rings. The summed E-state index contributed by atoms with van der Waals surface area (Å²) in [4.78, 5) is 12.4. The monoisotopic (exact) mass is 376 g/mol. The van der Waals surface area contributed by atoms with Crippen LogP contribution in [0.4, 0.5) is 5.69 Å². The van der Waals surface area contributed by atoms with Gasteiger partial charge in [0.15, 0.2) is 0 Å². The van der Waals surface area contributed by atoms with Crippen LogP contribution in [0.5, 0.6) is 0 Å². The van der Waals surface area contributed by atoms with Crippen molar-refractivity contribution in [2.75, 3.05) is 24.3 Å². The lowest BCUT2D eigenvalue weighted by molar-refractivity contribution is 0.0961. The highest BCUT2D eigenvalue weighted by Gasteiger charge is 2.16. The summed E-state index contributed by atoms with van der Waals surface area (Å²) in [5, 5.41) is 3.40. The highest BCUT2D eigenvalue weighted by atomic mass is 79.9. The van der Waals surface area contributed by atoms with Gasteiger partial charge in [-0.1, -0.05) is 22.0 Å². The Hall–Kier alpha value is -1.12. The van der Waals surface area contributed by atoms with Crippen molar-refractivity contribution in [2.45, 2.75) is 0 Å². The number of halogens is 1. The SMILES string of the molecule is CS(=O)(=O)CCNC(=O)c1sc2cc(Br)ccc2c1N. The van der Waals surface area contributed by atoms with Crippen molar-refractivity contribution in [3.05, 3.63) is 27.5 Å². The molecular weight excluding hydrogens is 364 g/mol. The maximum absolute atomic E-state index is 12.0. The van der Waals surface area contributed by atoms with Gasteiger partial charge < -0.3 is 11.1 Å². The standard InChI is InChI=1S/C12H13BrN2O3S2/c1-20(17,18)5-4-15-12(16)11-10(14)8-3-2-7(13)6-9(8)19-11/h2-3,6H,4-5,14H2,1H3,(H,15,16). The van der Waals surface area contributed by atoms with E-state index in [0.29, 0.717) is 10.6 Å². The smallest absolute Gasteiger partial charge is 0.263 e. The zero-order valence-corrected chi connectivity index (χ0v) is 13.9. The summed E-state index contributed by atoms with van der Waals surface area (Å²) in [6, 6.07) is 5.60. The minimum Gasteiger partial charge on any atom is -0.397 e. The summed E-state index contributed by atoms with van der Waals surface area (Å²) in [5.74, 6) is -0.432. The summed E-state index contributed by atoms with van der Waals surface area (Å²) in [7, 11) is -3.09. The van der Waals surface area contributed by atoms with E-state index in [9.17, 15) is 13.2 Å². The number of benzene rings is 1. The first-order chi connectivity index (χ1) is 9.28. The van der Waals surface area contributed by atoms with Gasteiger partial charge in [-0.05, 0) is 12.1 Å². The Morgan fingerprint density at radius 2 is 2.15 bits per heavy atom. The van der Waals surface area contributed by atoms with Crippen molar-refractivity contribution in [1.29, 1.82) is 0 Å². The minimum absolute atomic E-state index is 0.0784. The lowest BCUT2D eigenvalue weighted by Crippen LogP contribution is -2.28. The van der Waals surface area contributed by atoms with Crippen LogP contribution in [0.25, 0.3) is 10.1 Å². The zero-order valence-electron chi connectivity index (χ0n) is 10.6. The van der Waals surface area contributed by atoms with Gasteiger partial charge in [0.2, 0.25) is 0 Å². The molecule has 0 atom stereocenters. The van der Waals surface area contributed by atoms with Gasteiger partial charge in [-0.3, -0.25) is 4.79 Å². The third-order valence-corrected chi connectivity index (χ3v) is 5.26. The molecule has 8 heteroatoms. The number of carbonyl (C=O) groups is 1. The average Bonchev–Trinajstić information content (AvgIpc) is 2.64. The second-order valence-corrected chi connectivity index (χ2v) is 8.60. The van der Waals surface area contributed by atoms with Crippen LogP contribution in [0, 0.1) is 0 Å². The lowest BCUT2D eigenvalue weighted by Gasteiger charge is -2.03. The van der Waals surface area contributed by atoms with Gasteiger partial charge in [0, 0.05) is 27.4 Å². The number of rotatable bonds is 4. The van der Waals surface area contributed by atoms with Crippen LogP contribution in [-0.4, -0.2) is 32.9 Å². The fraction of sp³-hybridized carbons (Fsp3) is 0.250. The van der Waals surface area contributed by atoms with Crippen LogP contribution >= 0.6 is 27.3 Å². The molecule has 0 saturated carbocycles. The molecule has 20 heavy (non-hydrogen) atoms. The Balaban J connectivity index is 2.20. The summed E-state index contributed by atoms with van der Waals surface area (Å²) in [6.07, 6.45) is 1.13. The maximum Gasteiger partial charge on any atom is 0.263 e. The number of hydrogen-bond acceptors (Lipinski definition) is 5. The number of nitrogens with two attached hydrogens (primary N) is 1. The second kappa shape index (κ2) is 5.71. The molecule has 1 amide bonds. The highest BCUT2D eigenvalue weighted by molar-refractivity contribution is 9.10. The van der Waals surface area contributed by atoms with Gasteiger partial charge in [-0.15, -0.1) is 11.3 Å². The number of fused-ring (bicyclic) bond motifs is 1. The first-order valence-electron chi connectivity index (χ1n) is 5.71. The van der Waals surface area contributed by atoms with E-state index < -0.39 is 9.84 Å². The molecule has 2 rings (SSSR count). The van der Waals surface area contributed by atoms with Crippen molar-refractivity contribution < 1.29 is 13.2 Å². The van der Waals surface area contributed by atoms with Crippen molar-refractivity contribution in [2.24, 2.45) is 0 Å². The average molecular weight is 377 g/mol. The molecule has 0 aliphatic carbocycles. The number of nitrogen functional groups attached to an aromatic ring is 1. The molecule has 2 aromatic rings. The highest BCUT2D eigenvalue weighted by Crippen LogP contribution is 2.35. The van der Waals surface area contributed by atoms with E-state index in [1.54, 1.807) is 0 Å². The van der Waals surface area contributed by atoms with Crippen LogP contribution in [0.3, 0.4) is 0 Å². The Bertz CT molecular complexity index is 768. The number of sulfone groups is 1. The first kappa shape index (κ1) is 15.3. The third-order valence-electron chi connectivity index (χ3n) is 2.66. The number of nitrogens with one attached hydrogen (secondary N) is 1. The number of thiophene rings is 1. The Kier molecular flexibility index (Phi) is 4.36. The Morgan fingerprint density at radius 1 is 1.45 bits per heavy atom. The number of carbonyl (C=O) groups excluding carboxylic acids is 1. The van der Waals surface area contributed by atoms with Crippen LogP contribution in [0.2, 0.25) is 0 Å². The van der Waals surface area contributed by atoms with E-state index >= 15 is 0 Å². The summed E-state index contributed by atoms with van der Waals surface area (Å²) in [5.41, 5.74) is 6.39. The molecule has 1 aromatic heterocycles. The predicted molar refractivity (Wildman–Crippen MR) is 86.0 cm³/mol. The molecule has 0 spiro atoms. The second-order valence-electron chi connectivity index (χ2n) is 4.37. The van der Waals surface area contributed by atoms with E-state index in [0.717, 1.165) is 20.8 Å². The van der Waals surface area contributed by atoms with E-state index in [1.165, 1.54) is 11.3 Å². The number of hydrogen-bond donors (Lipinski definition) is 2. The molecule has 5 nitrogen and oxygen atoms in total. The summed E-state index contributed by atoms with van der Waals surface area (Å²) >= 11 is 4.65. The van der Waals surface area contributed by atoms with Gasteiger partial charge in [0.05, 0.1) is 11.4 Å². The van der Waals surface area contributed by atoms with E-state index in [4.69, 9.17) is 5.73 Å². The third kappa shape index (κ3) is 3.50. The summed E-state index contributed by atoms with van der Waals surface area (Å²) in [6.45, 7) is 0.0784. The van der Waals surface area contributed by atoms with Crippen molar-refractivity contribution in [3.63, 3.8) is 0 Å². The van der Waals surface area contributed by atoms with Gasteiger partial charge in [-0.25, -0.2) is 8.42 Å². The molecule has 1 aromatic carbocycles. The molecule has 0 aliphatic rings. The van der Waals surface area contributed by atoms with Crippen LogP contribution < -0.4 is 11.1 Å². The molecular formula is C12H13BrN2O3S2. The van der Waals surface area contributed by atoms with Gasteiger partial charge in [-0.2, -0.15) is 0 Å². The van der Waals surface area contributed by atoms with E-state index in [1.807, 2.05) is 18.2 Å². The molecule has 0 aliphatic heterocycles. The fourth-order valence-corrected chi connectivity index (χ4v) is 3.75. The van der Waals surface area contributed by atoms with Crippen molar-refractivity contribution in [1.82, 2.24) is 5.32 Å². The Morgan fingerprint density at radius 3 is 2.80 bits per heavy atom. The Labute approximate surface area is 129 Å². The van der Waals surface area contributed by atoms with Crippen LogP contribution in [0.1, 0.15) is 9.67 Å². The zero-order chi connectivity index (χ0) is 14.9. The van der Waals surface area contributed by atoms with Gasteiger partial charge >= 0.3 is 0 Å².